The molecule has 0 aliphatic rings. The summed E-state index contributed by atoms with van der Waals surface area (Å²) in [5, 5.41) is 2.99. The van der Waals surface area contributed by atoms with Crippen molar-refractivity contribution in [3.63, 3.8) is 0 Å². The molecule has 0 unspecified atom stereocenters. The van der Waals surface area contributed by atoms with E-state index >= 15 is 0 Å². The molecule has 0 aromatic heterocycles. The van der Waals surface area contributed by atoms with Crippen LogP contribution in [0, 0.1) is 6.92 Å². The molecule has 2 N–H and O–H groups in total. The van der Waals surface area contributed by atoms with E-state index in [1.807, 2.05) is 45.3 Å². The highest BCUT2D eigenvalue weighted by molar-refractivity contribution is 5.77. The lowest BCUT2D eigenvalue weighted by molar-refractivity contribution is -0.890. The van der Waals surface area contributed by atoms with Gasteiger partial charge in [-0.25, -0.2) is 0 Å². The van der Waals surface area contributed by atoms with E-state index < -0.39 is 0 Å². The fourth-order valence-corrected chi connectivity index (χ4v) is 2.79. The van der Waals surface area contributed by atoms with E-state index in [4.69, 9.17) is 4.74 Å². The highest BCUT2D eigenvalue weighted by Crippen LogP contribution is 2.17. The van der Waals surface area contributed by atoms with Crippen LogP contribution in [0.4, 0.5) is 5.69 Å². The van der Waals surface area contributed by atoms with E-state index in [1.54, 1.807) is 0 Å². The summed E-state index contributed by atoms with van der Waals surface area (Å²) in [5.41, 5.74) is 3.39. The molecule has 0 fully saturated rings. The summed E-state index contributed by atoms with van der Waals surface area (Å²) in [5.74, 6) is 0.640. The Morgan fingerprint density at radius 2 is 1.77 bits per heavy atom. The molecule has 0 heterocycles. The van der Waals surface area contributed by atoms with Crippen LogP contribution in [0.1, 0.15) is 17.2 Å². The zero-order chi connectivity index (χ0) is 19.1. The van der Waals surface area contributed by atoms with Crippen molar-refractivity contribution in [2.24, 2.45) is 0 Å². The molecule has 2 aromatic rings. The number of nitrogens with zero attached hydrogens (tertiary/aromatic N) is 1. The number of quaternary nitrogens is 1. The Balaban J connectivity index is 1.91. The largest absolute Gasteiger partial charge is 0.484 e. The second-order valence-electron chi connectivity index (χ2n) is 6.97. The summed E-state index contributed by atoms with van der Waals surface area (Å²) in [6.07, 6.45) is 0. The highest BCUT2D eigenvalue weighted by atomic mass is 16.5. The standard InChI is InChI=1S/C21H29N3O2/c1-16-8-6-7-9-20(16)26-15-21(25)22-14-19(24(4)5)17-10-12-18(13-11-17)23(2)3/h6-13,19H,14-15H2,1-5H3,(H,22,25)/p+1/t19-/m0/s1. The van der Waals surface area contributed by atoms with Gasteiger partial charge >= 0.3 is 0 Å². The van der Waals surface area contributed by atoms with Gasteiger partial charge in [-0.3, -0.25) is 4.79 Å². The molecule has 2 rings (SSSR count). The van der Waals surface area contributed by atoms with Gasteiger partial charge in [0.05, 0.1) is 20.6 Å². The van der Waals surface area contributed by atoms with Crippen molar-refractivity contribution in [1.82, 2.24) is 5.32 Å². The summed E-state index contributed by atoms with van der Waals surface area (Å²) in [4.78, 5) is 15.5. The van der Waals surface area contributed by atoms with Crippen LogP contribution in [0.5, 0.6) is 5.75 Å². The number of carbonyl (C=O) groups is 1. The summed E-state index contributed by atoms with van der Waals surface area (Å²) >= 11 is 0. The number of carbonyl (C=O) groups excluding carboxylic acids is 1. The maximum absolute atomic E-state index is 12.2. The number of nitrogens with one attached hydrogen (secondary N) is 2. The molecule has 5 nitrogen and oxygen atoms in total. The van der Waals surface area contributed by atoms with Crippen LogP contribution >= 0.6 is 0 Å². The average Bonchev–Trinajstić information content (AvgIpc) is 2.61. The van der Waals surface area contributed by atoms with Crippen molar-refractivity contribution in [2.75, 3.05) is 46.2 Å². The number of rotatable bonds is 8. The molecule has 26 heavy (non-hydrogen) atoms. The van der Waals surface area contributed by atoms with E-state index in [0.717, 1.165) is 17.0 Å². The predicted molar refractivity (Wildman–Crippen MR) is 106 cm³/mol. The number of hydrogen-bond acceptors (Lipinski definition) is 3. The van der Waals surface area contributed by atoms with E-state index in [9.17, 15) is 4.79 Å². The molecular formula is C21H30N3O2+. The lowest BCUT2D eigenvalue weighted by atomic mass is 10.1. The van der Waals surface area contributed by atoms with Crippen molar-refractivity contribution in [3.05, 3.63) is 59.7 Å². The minimum Gasteiger partial charge on any atom is -0.484 e. The summed E-state index contributed by atoms with van der Waals surface area (Å²) in [7, 11) is 8.25. The third-order valence-corrected chi connectivity index (χ3v) is 4.46. The molecule has 0 aliphatic carbocycles. The Morgan fingerprint density at radius 1 is 1.12 bits per heavy atom. The molecule has 0 spiro atoms. The lowest BCUT2D eigenvalue weighted by Gasteiger charge is -2.23. The first kappa shape index (κ1) is 19.8. The number of ether oxygens (including phenoxy) is 1. The predicted octanol–water partition coefficient (Wildman–Crippen LogP) is 1.44. The molecule has 0 aliphatic heterocycles. The maximum Gasteiger partial charge on any atom is 0.258 e. The molecule has 0 radical (unpaired) electrons. The summed E-state index contributed by atoms with van der Waals surface area (Å²) < 4.78 is 5.61. The smallest absolute Gasteiger partial charge is 0.258 e. The van der Waals surface area contributed by atoms with Gasteiger partial charge < -0.3 is 19.9 Å². The summed E-state index contributed by atoms with van der Waals surface area (Å²) in [6, 6.07) is 16.4. The zero-order valence-corrected chi connectivity index (χ0v) is 16.4. The number of aryl methyl sites for hydroxylation is 1. The molecule has 1 atom stereocenters. The van der Waals surface area contributed by atoms with Gasteiger partial charge in [-0.1, -0.05) is 30.3 Å². The Kier molecular flexibility index (Phi) is 7.04. The first-order valence-corrected chi connectivity index (χ1v) is 8.91. The third kappa shape index (κ3) is 5.49. The van der Waals surface area contributed by atoms with Gasteiger partial charge in [0.1, 0.15) is 11.8 Å². The first-order valence-electron chi connectivity index (χ1n) is 8.91. The SMILES string of the molecule is Cc1ccccc1OCC(=O)NC[C@@H](c1ccc(N(C)C)cc1)[NH+](C)C. The van der Waals surface area contributed by atoms with Gasteiger partial charge in [-0.05, 0) is 30.7 Å². The molecule has 2 aromatic carbocycles. The fraction of sp³-hybridized carbons (Fsp3) is 0.381. The average molecular weight is 356 g/mol. The van der Waals surface area contributed by atoms with Gasteiger partial charge in [0.2, 0.25) is 0 Å². The highest BCUT2D eigenvalue weighted by Gasteiger charge is 2.19. The molecular weight excluding hydrogens is 326 g/mol. The Labute approximate surface area is 156 Å². The van der Waals surface area contributed by atoms with Gasteiger partial charge in [0.15, 0.2) is 6.61 Å². The number of para-hydroxylation sites is 1. The second-order valence-corrected chi connectivity index (χ2v) is 6.97. The van der Waals surface area contributed by atoms with Crippen molar-refractivity contribution in [3.8, 4) is 5.75 Å². The van der Waals surface area contributed by atoms with Crippen LogP contribution < -0.4 is 19.9 Å². The first-order chi connectivity index (χ1) is 12.4. The Morgan fingerprint density at radius 3 is 2.35 bits per heavy atom. The minimum absolute atomic E-state index is 0.0277. The molecule has 5 heteroatoms. The second kappa shape index (κ2) is 9.25. The van der Waals surface area contributed by atoms with Crippen LogP contribution in [0.15, 0.2) is 48.5 Å². The zero-order valence-electron chi connectivity index (χ0n) is 16.4. The van der Waals surface area contributed by atoms with Crippen molar-refractivity contribution in [1.29, 1.82) is 0 Å². The topological polar surface area (TPSA) is 46.0 Å². The van der Waals surface area contributed by atoms with E-state index in [0.29, 0.717) is 6.54 Å². The van der Waals surface area contributed by atoms with Gasteiger partial charge in [-0.15, -0.1) is 0 Å². The molecule has 0 saturated carbocycles. The molecule has 0 bridgehead atoms. The minimum atomic E-state index is -0.107. The van der Waals surface area contributed by atoms with E-state index in [2.05, 4.69) is 48.6 Å². The van der Waals surface area contributed by atoms with E-state index in [-0.39, 0.29) is 18.6 Å². The quantitative estimate of drug-likeness (QED) is 0.752. The molecule has 0 saturated heterocycles. The lowest BCUT2D eigenvalue weighted by Crippen LogP contribution is -3.07. The fourth-order valence-electron chi connectivity index (χ4n) is 2.79. The van der Waals surface area contributed by atoms with Crippen molar-refractivity contribution < 1.29 is 14.4 Å². The van der Waals surface area contributed by atoms with Gasteiger partial charge in [0, 0.05) is 25.3 Å². The third-order valence-electron chi connectivity index (χ3n) is 4.46. The number of likely N-dealkylation sites (N-methyl/N-ethyl adjacent to an activating group) is 1. The Hall–Kier alpha value is -2.53. The van der Waals surface area contributed by atoms with Crippen molar-refractivity contribution in [2.45, 2.75) is 13.0 Å². The van der Waals surface area contributed by atoms with Crippen LogP contribution in [0.2, 0.25) is 0 Å². The monoisotopic (exact) mass is 356 g/mol. The summed E-state index contributed by atoms with van der Waals surface area (Å²) in [6.45, 7) is 2.57. The van der Waals surface area contributed by atoms with Crippen LogP contribution in [-0.2, 0) is 4.79 Å². The van der Waals surface area contributed by atoms with Crippen molar-refractivity contribution >= 4 is 11.6 Å². The van der Waals surface area contributed by atoms with Gasteiger partial charge in [-0.2, -0.15) is 0 Å². The maximum atomic E-state index is 12.2. The Bertz CT molecular complexity index is 711. The molecule has 1 amide bonds. The number of amides is 1. The number of benzene rings is 2. The van der Waals surface area contributed by atoms with E-state index in [1.165, 1.54) is 10.5 Å². The number of hydrogen-bond donors (Lipinski definition) is 2. The normalized spacial score (nSPS) is 11.9. The number of anilines is 1. The van der Waals surface area contributed by atoms with Crippen LogP contribution in [0.25, 0.3) is 0 Å². The van der Waals surface area contributed by atoms with Crippen LogP contribution in [0.3, 0.4) is 0 Å². The molecule has 140 valence electrons. The van der Waals surface area contributed by atoms with Gasteiger partial charge in [0.25, 0.3) is 5.91 Å². The van der Waals surface area contributed by atoms with Crippen LogP contribution in [-0.4, -0.2) is 47.2 Å².